The molecule has 0 unspecified atom stereocenters. The molecule has 0 atom stereocenters. The first-order valence-electron chi connectivity index (χ1n) is 5.61. The van der Waals surface area contributed by atoms with Gasteiger partial charge in [-0.3, -0.25) is 0 Å². The summed E-state index contributed by atoms with van der Waals surface area (Å²) in [4.78, 5) is 14.6. The SMILES string of the molecule is Nc1ncc(C(=O)O)cc1-c1cccc(OC(F)(F)F)c1. The van der Waals surface area contributed by atoms with Crippen molar-refractivity contribution in [3.05, 3.63) is 42.1 Å². The van der Waals surface area contributed by atoms with E-state index in [0.29, 0.717) is 0 Å². The van der Waals surface area contributed by atoms with Crippen molar-refractivity contribution in [3.8, 4) is 16.9 Å². The van der Waals surface area contributed by atoms with E-state index in [4.69, 9.17) is 10.8 Å². The van der Waals surface area contributed by atoms with Crippen molar-refractivity contribution in [1.82, 2.24) is 4.98 Å². The fourth-order valence-electron chi connectivity index (χ4n) is 1.68. The maximum absolute atomic E-state index is 12.2. The van der Waals surface area contributed by atoms with Gasteiger partial charge in [-0.15, -0.1) is 13.2 Å². The highest BCUT2D eigenvalue weighted by Gasteiger charge is 2.31. The van der Waals surface area contributed by atoms with Crippen molar-refractivity contribution in [1.29, 1.82) is 0 Å². The van der Waals surface area contributed by atoms with Gasteiger partial charge in [-0.1, -0.05) is 12.1 Å². The number of aromatic carboxylic acids is 1. The normalized spacial score (nSPS) is 11.2. The molecule has 0 radical (unpaired) electrons. The quantitative estimate of drug-likeness (QED) is 0.910. The van der Waals surface area contributed by atoms with Crippen LogP contribution in [-0.4, -0.2) is 22.4 Å². The van der Waals surface area contributed by atoms with Gasteiger partial charge in [-0.2, -0.15) is 0 Å². The summed E-state index contributed by atoms with van der Waals surface area (Å²) in [6.45, 7) is 0. The van der Waals surface area contributed by atoms with Gasteiger partial charge in [0.25, 0.3) is 0 Å². The van der Waals surface area contributed by atoms with Gasteiger partial charge >= 0.3 is 12.3 Å². The van der Waals surface area contributed by atoms with E-state index in [1.807, 2.05) is 0 Å². The molecule has 1 aromatic carbocycles. The van der Waals surface area contributed by atoms with Gasteiger partial charge in [0.05, 0.1) is 5.56 Å². The lowest BCUT2D eigenvalue weighted by Gasteiger charge is -2.11. The molecule has 1 aromatic heterocycles. The monoisotopic (exact) mass is 298 g/mol. The van der Waals surface area contributed by atoms with Crippen molar-refractivity contribution in [2.75, 3.05) is 5.73 Å². The second-order valence-electron chi connectivity index (χ2n) is 4.04. The number of carbonyl (C=O) groups is 1. The number of rotatable bonds is 3. The summed E-state index contributed by atoms with van der Waals surface area (Å²) in [7, 11) is 0. The summed E-state index contributed by atoms with van der Waals surface area (Å²) in [5.41, 5.74) is 5.99. The molecule has 2 aromatic rings. The number of carboxylic acid groups (broad SMARTS) is 1. The Hall–Kier alpha value is -2.77. The van der Waals surface area contributed by atoms with Crippen LogP contribution in [0.4, 0.5) is 19.0 Å². The summed E-state index contributed by atoms with van der Waals surface area (Å²) in [5, 5.41) is 8.90. The average molecular weight is 298 g/mol. The van der Waals surface area contributed by atoms with Crippen molar-refractivity contribution >= 4 is 11.8 Å². The van der Waals surface area contributed by atoms with Crippen LogP contribution >= 0.6 is 0 Å². The van der Waals surface area contributed by atoms with E-state index in [2.05, 4.69) is 9.72 Å². The smallest absolute Gasteiger partial charge is 0.478 e. The first kappa shape index (κ1) is 14.6. The molecule has 5 nitrogen and oxygen atoms in total. The van der Waals surface area contributed by atoms with Gasteiger partial charge < -0.3 is 15.6 Å². The maximum Gasteiger partial charge on any atom is 0.573 e. The predicted octanol–water partition coefficient (Wildman–Crippen LogP) is 2.93. The summed E-state index contributed by atoms with van der Waals surface area (Å²) in [6.07, 6.45) is -3.75. The minimum absolute atomic E-state index is 0.00385. The number of benzene rings is 1. The van der Waals surface area contributed by atoms with Crippen LogP contribution in [0.15, 0.2) is 36.5 Å². The minimum Gasteiger partial charge on any atom is -0.478 e. The number of carboxylic acids is 1. The fourth-order valence-corrected chi connectivity index (χ4v) is 1.68. The van der Waals surface area contributed by atoms with E-state index in [-0.39, 0.29) is 22.5 Å². The summed E-state index contributed by atoms with van der Waals surface area (Å²) >= 11 is 0. The Morgan fingerprint density at radius 3 is 2.62 bits per heavy atom. The molecular weight excluding hydrogens is 289 g/mol. The highest BCUT2D eigenvalue weighted by molar-refractivity contribution is 5.90. The number of hydrogen-bond donors (Lipinski definition) is 2. The molecule has 3 N–H and O–H groups in total. The molecule has 0 spiro atoms. The third kappa shape index (κ3) is 3.62. The van der Waals surface area contributed by atoms with Gasteiger partial charge in [-0.05, 0) is 23.8 Å². The number of nitrogens with zero attached hydrogens (tertiary/aromatic N) is 1. The molecule has 110 valence electrons. The van der Waals surface area contributed by atoms with Crippen molar-refractivity contribution in [2.24, 2.45) is 0 Å². The Bertz CT molecular complexity index is 687. The van der Waals surface area contributed by atoms with E-state index < -0.39 is 18.1 Å². The standard InChI is InChI=1S/C13H9F3N2O3/c14-13(15,16)21-9-3-1-2-7(4-9)10-5-8(12(19)20)6-18-11(10)17/h1-6H,(H2,17,18)(H,19,20). The number of pyridine rings is 1. The third-order valence-corrected chi connectivity index (χ3v) is 2.54. The van der Waals surface area contributed by atoms with Crippen LogP contribution in [0.3, 0.4) is 0 Å². The lowest BCUT2D eigenvalue weighted by molar-refractivity contribution is -0.274. The molecule has 0 saturated heterocycles. The Labute approximate surface area is 116 Å². The fraction of sp³-hybridized carbons (Fsp3) is 0.0769. The molecular formula is C13H9F3N2O3. The molecule has 0 saturated carbocycles. The van der Waals surface area contributed by atoms with Crippen LogP contribution in [0.5, 0.6) is 5.75 Å². The zero-order valence-corrected chi connectivity index (χ0v) is 10.4. The van der Waals surface area contributed by atoms with Gasteiger partial charge in [-0.25, -0.2) is 9.78 Å². The highest BCUT2D eigenvalue weighted by Crippen LogP contribution is 2.30. The van der Waals surface area contributed by atoms with Gasteiger partial charge in [0, 0.05) is 11.8 Å². The lowest BCUT2D eigenvalue weighted by Crippen LogP contribution is -2.17. The second kappa shape index (κ2) is 5.31. The number of nitrogens with two attached hydrogens (primary N) is 1. The van der Waals surface area contributed by atoms with Crippen molar-refractivity contribution < 1.29 is 27.8 Å². The number of aromatic nitrogens is 1. The zero-order chi connectivity index (χ0) is 15.6. The minimum atomic E-state index is -4.81. The van der Waals surface area contributed by atoms with Crippen LogP contribution in [0.25, 0.3) is 11.1 Å². The maximum atomic E-state index is 12.2. The number of anilines is 1. The van der Waals surface area contributed by atoms with Crippen molar-refractivity contribution in [3.63, 3.8) is 0 Å². The number of hydrogen-bond acceptors (Lipinski definition) is 4. The zero-order valence-electron chi connectivity index (χ0n) is 10.4. The predicted molar refractivity (Wildman–Crippen MR) is 67.7 cm³/mol. The summed E-state index contributed by atoms with van der Waals surface area (Å²) in [5.74, 6) is -1.64. The number of halogens is 3. The Morgan fingerprint density at radius 2 is 2.00 bits per heavy atom. The third-order valence-electron chi connectivity index (χ3n) is 2.54. The molecule has 0 aliphatic carbocycles. The average Bonchev–Trinajstić information content (AvgIpc) is 2.37. The molecule has 0 aliphatic heterocycles. The number of ether oxygens (including phenoxy) is 1. The van der Waals surface area contributed by atoms with Crippen LogP contribution in [-0.2, 0) is 0 Å². The van der Waals surface area contributed by atoms with Crippen LogP contribution in [0, 0.1) is 0 Å². The Morgan fingerprint density at radius 1 is 1.29 bits per heavy atom. The largest absolute Gasteiger partial charge is 0.573 e. The molecule has 1 heterocycles. The highest BCUT2D eigenvalue weighted by atomic mass is 19.4. The first-order chi connectivity index (χ1) is 9.76. The topological polar surface area (TPSA) is 85.4 Å². The summed E-state index contributed by atoms with van der Waals surface area (Å²) < 4.78 is 40.4. The van der Waals surface area contributed by atoms with Gasteiger partial charge in [0.1, 0.15) is 11.6 Å². The van der Waals surface area contributed by atoms with Gasteiger partial charge in [0.2, 0.25) is 0 Å². The second-order valence-corrected chi connectivity index (χ2v) is 4.04. The van der Waals surface area contributed by atoms with Gasteiger partial charge in [0.15, 0.2) is 0 Å². The molecule has 0 fully saturated rings. The van der Waals surface area contributed by atoms with Crippen LogP contribution < -0.4 is 10.5 Å². The number of alkyl halides is 3. The molecule has 0 aliphatic rings. The van der Waals surface area contributed by atoms with Crippen LogP contribution in [0.1, 0.15) is 10.4 Å². The Balaban J connectivity index is 2.45. The van der Waals surface area contributed by atoms with Crippen molar-refractivity contribution in [2.45, 2.75) is 6.36 Å². The van der Waals surface area contributed by atoms with E-state index >= 15 is 0 Å². The number of nitrogen functional groups attached to an aromatic ring is 1. The molecule has 2 rings (SSSR count). The summed E-state index contributed by atoms with van der Waals surface area (Å²) in [6, 6.07) is 6.27. The molecule has 8 heteroatoms. The Kier molecular flexibility index (Phi) is 3.70. The molecule has 21 heavy (non-hydrogen) atoms. The van der Waals surface area contributed by atoms with E-state index in [9.17, 15) is 18.0 Å². The molecule has 0 bridgehead atoms. The van der Waals surface area contributed by atoms with E-state index in [0.717, 1.165) is 18.3 Å². The lowest BCUT2D eigenvalue weighted by atomic mass is 10.0. The van der Waals surface area contributed by atoms with E-state index in [1.165, 1.54) is 18.2 Å². The van der Waals surface area contributed by atoms with E-state index in [1.54, 1.807) is 0 Å². The van der Waals surface area contributed by atoms with Crippen LogP contribution in [0.2, 0.25) is 0 Å². The molecule has 0 amide bonds. The first-order valence-corrected chi connectivity index (χ1v) is 5.61.